The number of allylic oxidation sites excluding steroid dienone is 2. The number of hydrogen-bond acceptors (Lipinski definition) is 5. The summed E-state index contributed by atoms with van der Waals surface area (Å²) in [5.74, 6) is -1.08. The van der Waals surface area contributed by atoms with Crippen molar-refractivity contribution in [2.45, 2.75) is 40.1 Å². The number of pyridine rings is 1. The van der Waals surface area contributed by atoms with Gasteiger partial charge >= 0.3 is 6.36 Å². The molecule has 218 valence electrons. The largest absolute Gasteiger partial charge is 0.573 e. The van der Waals surface area contributed by atoms with E-state index in [2.05, 4.69) is 26.5 Å². The average molecular weight is 572 g/mol. The summed E-state index contributed by atoms with van der Waals surface area (Å²) in [5.41, 5.74) is 4.23. The first-order chi connectivity index (χ1) is 19.4. The number of halogens is 4. The van der Waals surface area contributed by atoms with E-state index in [1.54, 1.807) is 36.5 Å². The molecule has 4 rings (SSSR count). The van der Waals surface area contributed by atoms with Crippen LogP contribution in [0.4, 0.5) is 23.2 Å². The number of nitrogens with one attached hydrogen (secondary N) is 1. The average Bonchev–Trinajstić information content (AvgIpc) is 3.22. The van der Waals surface area contributed by atoms with Crippen molar-refractivity contribution < 1.29 is 27.1 Å². The van der Waals surface area contributed by atoms with Crippen LogP contribution in [0.5, 0.6) is 5.75 Å². The van der Waals surface area contributed by atoms with E-state index in [4.69, 9.17) is 0 Å². The van der Waals surface area contributed by atoms with Gasteiger partial charge in [0.1, 0.15) is 22.9 Å². The van der Waals surface area contributed by atoms with Crippen molar-refractivity contribution in [1.29, 1.82) is 0 Å². The fraction of sp³-hybridized carbons (Fsp3) is 0.333. The molecule has 1 aliphatic rings. The summed E-state index contributed by atoms with van der Waals surface area (Å²) < 4.78 is 58.5. The lowest BCUT2D eigenvalue weighted by molar-refractivity contribution is -0.274. The summed E-state index contributed by atoms with van der Waals surface area (Å²) in [7, 11) is 0. The molecule has 3 heterocycles. The van der Waals surface area contributed by atoms with E-state index in [-0.39, 0.29) is 24.2 Å². The number of nitrogens with zero attached hydrogens (tertiary/aromatic N) is 4. The van der Waals surface area contributed by atoms with Gasteiger partial charge < -0.3 is 19.9 Å². The fourth-order valence-electron chi connectivity index (χ4n) is 4.99. The van der Waals surface area contributed by atoms with Gasteiger partial charge in [-0.05, 0) is 75.2 Å². The van der Waals surface area contributed by atoms with Gasteiger partial charge in [0.25, 0.3) is 5.91 Å². The Morgan fingerprint density at radius 2 is 1.88 bits per heavy atom. The first-order valence-corrected chi connectivity index (χ1v) is 13.2. The van der Waals surface area contributed by atoms with Crippen molar-refractivity contribution in [1.82, 2.24) is 19.6 Å². The summed E-state index contributed by atoms with van der Waals surface area (Å²) in [4.78, 5) is 21.3. The van der Waals surface area contributed by atoms with Gasteiger partial charge in [-0.25, -0.2) is 9.37 Å². The van der Waals surface area contributed by atoms with Gasteiger partial charge in [0.15, 0.2) is 0 Å². The zero-order valence-corrected chi connectivity index (χ0v) is 23.4. The highest BCUT2D eigenvalue weighted by Crippen LogP contribution is 2.29. The standard InChI is InChI=1S/C30H33F4N5O2/c1-6-26(37-13-14-38(21(4)18-37)23-8-10-24(11-9-23)41-30(32,33)34)25(31)15-20(3)16-35-29(40)28-22(5)36-27-12-7-19(2)17-39(27)28/h6-12,15,17,21H,3,13-14,16,18H2,1-2,4-5H3,(H,35,40)/b25-15+,26-6+/t21-/m0/s1. The zero-order valence-electron chi connectivity index (χ0n) is 23.4. The van der Waals surface area contributed by atoms with E-state index in [1.807, 2.05) is 37.1 Å². The van der Waals surface area contributed by atoms with Gasteiger partial charge in [-0.15, -0.1) is 13.2 Å². The van der Waals surface area contributed by atoms with Crippen LogP contribution < -0.4 is 15.0 Å². The quantitative estimate of drug-likeness (QED) is 0.262. The smallest absolute Gasteiger partial charge is 0.406 e. The molecule has 41 heavy (non-hydrogen) atoms. The van der Waals surface area contributed by atoms with Crippen LogP contribution in [0.2, 0.25) is 0 Å². The molecule has 0 radical (unpaired) electrons. The number of ether oxygens (including phenoxy) is 1. The van der Waals surface area contributed by atoms with Crippen molar-refractivity contribution in [3.05, 3.63) is 95.4 Å². The van der Waals surface area contributed by atoms with Gasteiger partial charge in [0.05, 0.1) is 11.4 Å². The third-order valence-electron chi connectivity index (χ3n) is 6.85. The third-order valence-corrected chi connectivity index (χ3v) is 6.85. The van der Waals surface area contributed by atoms with Gasteiger partial charge in [-0.3, -0.25) is 9.20 Å². The number of aryl methyl sites for hydroxylation is 2. The minimum atomic E-state index is -4.74. The molecule has 11 heteroatoms. The van der Waals surface area contributed by atoms with Crippen LogP contribution >= 0.6 is 0 Å². The van der Waals surface area contributed by atoms with E-state index < -0.39 is 12.2 Å². The van der Waals surface area contributed by atoms with Crippen LogP contribution in [0.15, 0.2) is 78.4 Å². The number of carbonyl (C=O) groups is 1. The lowest BCUT2D eigenvalue weighted by atomic mass is 10.1. The second-order valence-corrected chi connectivity index (χ2v) is 10.0. The highest BCUT2D eigenvalue weighted by atomic mass is 19.4. The normalized spacial score (nSPS) is 16.7. The van der Waals surface area contributed by atoms with Crippen molar-refractivity contribution in [2.75, 3.05) is 31.1 Å². The van der Waals surface area contributed by atoms with Crippen LogP contribution in [0.1, 0.15) is 35.6 Å². The number of fused-ring (bicyclic) bond motifs is 1. The molecule has 0 bridgehead atoms. The number of alkyl halides is 3. The Hall–Kier alpha value is -4.28. The molecular formula is C30H33F4N5O2. The van der Waals surface area contributed by atoms with E-state index >= 15 is 4.39 Å². The fourth-order valence-corrected chi connectivity index (χ4v) is 4.99. The molecule has 1 amide bonds. The van der Waals surface area contributed by atoms with E-state index in [9.17, 15) is 18.0 Å². The van der Waals surface area contributed by atoms with Crippen LogP contribution in [0.25, 0.3) is 5.65 Å². The molecule has 0 aliphatic carbocycles. The number of aromatic nitrogens is 2. The molecule has 2 aromatic heterocycles. The number of piperazine rings is 1. The van der Waals surface area contributed by atoms with Crippen LogP contribution in [0.3, 0.4) is 0 Å². The molecule has 7 nitrogen and oxygen atoms in total. The lowest BCUT2D eigenvalue weighted by Crippen LogP contribution is -2.51. The zero-order chi connectivity index (χ0) is 29.9. The maximum absolute atomic E-state index is 15.4. The number of rotatable bonds is 8. The number of amides is 1. The lowest BCUT2D eigenvalue weighted by Gasteiger charge is -2.43. The number of anilines is 1. The number of carbonyl (C=O) groups excluding carboxylic acids is 1. The molecule has 1 aliphatic heterocycles. The Balaban J connectivity index is 1.36. The Labute approximate surface area is 236 Å². The van der Waals surface area contributed by atoms with Crippen LogP contribution in [-0.2, 0) is 0 Å². The molecule has 1 fully saturated rings. The summed E-state index contributed by atoms with van der Waals surface area (Å²) in [5, 5.41) is 2.80. The van der Waals surface area contributed by atoms with Gasteiger partial charge in [0, 0.05) is 44.1 Å². The predicted octanol–water partition coefficient (Wildman–Crippen LogP) is 6.10. The van der Waals surface area contributed by atoms with Gasteiger partial charge in [0.2, 0.25) is 0 Å². The Kier molecular flexibility index (Phi) is 8.74. The summed E-state index contributed by atoms with van der Waals surface area (Å²) in [6.07, 6.45) is 0.102. The number of benzene rings is 1. The van der Waals surface area contributed by atoms with Crippen LogP contribution in [-0.4, -0.2) is 58.8 Å². The maximum Gasteiger partial charge on any atom is 0.573 e. The Morgan fingerprint density at radius 3 is 2.51 bits per heavy atom. The van der Waals surface area contributed by atoms with Gasteiger partial charge in [-0.1, -0.05) is 18.7 Å². The molecule has 1 N–H and O–H groups in total. The Morgan fingerprint density at radius 1 is 1.17 bits per heavy atom. The van der Waals surface area contributed by atoms with E-state index in [0.717, 1.165) is 11.3 Å². The highest BCUT2D eigenvalue weighted by Gasteiger charge is 2.31. The van der Waals surface area contributed by atoms with Crippen molar-refractivity contribution in [3.8, 4) is 5.75 Å². The second-order valence-electron chi connectivity index (χ2n) is 10.0. The first kappa shape index (κ1) is 29.7. The van der Waals surface area contributed by atoms with Gasteiger partial charge in [-0.2, -0.15) is 0 Å². The van der Waals surface area contributed by atoms with E-state index in [0.29, 0.717) is 47.9 Å². The summed E-state index contributed by atoms with van der Waals surface area (Å²) in [6, 6.07) is 9.45. The monoisotopic (exact) mass is 571 g/mol. The molecule has 1 aromatic carbocycles. The summed E-state index contributed by atoms with van der Waals surface area (Å²) in [6.45, 7) is 12.9. The van der Waals surface area contributed by atoms with Crippen LogP contribution in [0, 0.1) is 13.8 Å². The molecule has 1 atom stereocenters. The van der Waals surface area contributed by atoms with Crippen molar-refractivity contribution in [2.24, 2.45) is 0 Å². The topological polar surface area (TPSA) is 62.1 Å². The Bertz CT molecular complexity index is 1490. The molecule has 0 saturated carbocycles. The van der Waals surface area contributed by atoms with E-state index in [1.165, 1.54) is 18.2 Å². The maximum atomic E-state index is 15.4. The minimum Gasteiger partial charge on any atom is -0.406 e. The molecule has 3 aromatic rings. The number of hydrogen-bond donors (Lipinski definition) is 1. The third kappa shape index (κ3) is 7.08. The molecular weight excluding hydrogens is 538 g/mol. The molecule has 0 unspecified atom stereocenters. The SMILES string of the molecule is C=C(/C=C(F)\C(=C/C)N1CCN(c2ccc(OC(F)(F)F)cc2)[C@@H](C)C1)CNC(=O)c1c(C)nc2ccc(C)cn12. The predicted molar refractivity (Wildman–Crippen MR) is 151 cm³/mol. The molecule has 1 saturated heterocycles. The minimum absolute atomic E-state index is 0.0410. The van der Waals surface area contributed by atoms with Crippen molar-refractivity contribution in [3.63, 3.8) is 0 Å². The second kappa shape index (κ2) is 12.1. The highest BCUT2D eigenvalue weighted by molar-refractivity contribution is 5.94. The number of imidazole rings is 1. The van der Waals surface area contributed by atoms with Crippen molar-refractivity contribution >= 4 is 17.2 Å². The first-order valence-electron chi connectivity index (χ1n) is 13.2. The summed E-state index contributed by atoms with van der Waals surface area (Å²) >= 11 is 0. The molecule has 0 spiro atoms.